The number of hydrogen-bond donors (Lipinski definition) is 1. The lowest BCUT2D eigenvalue weighted by molar-refractivity contribution is -0.384. The van der Waals surface area contributed by atoms with E-state index in [1.807, 2.05) is 0 Å². The molecule has 0 unspecified atom stereocenters. The van der Waals surface area contributed by atoms with Gasteiger partial charge in [0.05, 0.1) is 16.7 Å². The Hall–Kier alpha value is -3.75. The molecule has 1 aromatic carbocycles. The Balaban J connectivity index is 2.02. The Bertz CT molecular complexity index is 1040. The summed E-state index contributed by atoms with van der Waals surface area (Å²) in [5.74, 6) is 0.685. The zero-order valence-electron chi connectivity index (χ0n) is 12.2. The van der Waals surface area contributed by atoms with Gasteiger partial charge in [0.25, 0.3) is 5.69 Å². The lowest BCUT2D eigenvalue weighted by Gasteiger charge is -2.04. The summed E-state index contributed by atoms with van der Waals surface area (Å²) in [6, 6.07) is 6.15. The molecule has 9 nitrogen and oxygen atoms in total. The number of nitrogen functional groups attached to an aromatic ring is 1. The van der Waals surface area contributed by atoms with Crippen molar-refractivity contribution < 1.29 is 9.34 Å². The Morgan fingerprint density at radius 2 is 2.00 bits per heavy atom. The highest BCUT2D eigenvalue weighted by molar-refractivity contribution is 5.96. The van der Waals surface area contributed by atoms with Gasteiger partial charge in [0, 0.05) is 23.9 Å². The number of nitrogens with zero attached hydrogens (tertiary/aromatic N) is 5. The van der Waals surface area contributed by atoms with Gasteiger partial charge in [0.1, 0.15) is 18.1 Å². The summed E-state index contributed by atoms with van der Waals surface area (Å²) in [4.78, 5) is 18.6. The molecule has 3 aromatic heterocycles. The second kappa shape index (κ2) is 5.16. The summed E-state index contributed by atoms with van der Waals surface area (Å²) in [5.41, 5.74) is 8.68. The molecular weight excluding hydrogens is 312 g/mol. The van der Waals surface area contributed by atoms with E-state index in [1.165, 1.54) is 30.9 Å². The molecule has 0 aliphatic heterocycles. The first-order valence-electron chi connectivity index (χ1n) is 6.91. The van der Waals surface area contributed by atoms with Crippen LogP contribution in [-0.2, 0) is 0 Å². The molecule has 0 radical (unpaired) electrons. The van der Waals surface area contributed by atoms with Crippen molar-refractivity contribution in [3.05, 3.63) is 59.4 Å². The number of rotatable bonds is 3. The molecule has 0 amide bonds. The number of benzene rings is 1. The van der Waals surface area contributed by atoms with Gasteiger partial charge in [-0.05, 0) is 17.7 Å². The maximum absolute atomic E-state index is 10.9. The summed E-state index contributed by atoms with van der Waals surface area (Å²) in [6.45, 7) is 0. The quantitative estimate of drug-likeness (QED) is 0.453. The normalized spacial score (nSPS) is 11.0. The fraction of sp³-hybridized carbons (Fsp3) is 0. The summed E-state index contributed by atoms with van der Waals surface area (Å²) < 4.78 is 6.97. The van der Waals surface area contributed by atoms with Gasteiger partial charge in [-0.1, -0.05) is 0 Å². The third kappa shape index (κ3) is 2.07. The molecule has 2 N–H and O–H groups in total. The van der Waals surface area contributed by atoms with Gasteiger partial charge in [0.2, 0.25) is 5.89 Å². The molecule has 0 fully saturated rings. The third-order valence-corrected chi connectivity index (χ3v) is 3.63. The number of hydrogen-bond acceptors (Lipinski definition) is 7. The zero-order valence-corrected chi connectivity index (χ0v) is 12.2. The first-order chi connectivity index (χ1) is 11.6. The van der Waals surface area contributed by atoms with E-state index in [0.29, 0.717) is 22.5 Å². The molecule has 0 bridgehead atoms. The zero-order chi connectivity index (χ0) is 16.7. The maximum atomic E-state index is 10.9. The van der Waals surface area contributed by atoms with Gasteiger partial charge in [-0.25, -0.2) is 14.5 Å². The van der Waals surface area contributed by atoms with E-state index < -0.39 is 4.92 Å². The van der Waals surface area contributed by atoms with Crippen LogP contribution in [0.5, 0.6) is 0 Å². The van der Waals surface area contributed by atoms with Crippen LogP contribution in [-0.4, -0.2) is 24.5 Å². The standard InChI is InChI=1S/C15H10N6O3/c16-14-13-12(9-1-3-10(4-2-9)21(22)23)11(15-17-5-6-24-15)7-20(13)19-8-18-14/h1-8H,(H2,16,18,19). The number of fused-ring (bicyclic) bond motifs is 1. The van der Waals surface area contributed by atoms with Crippen LogP contribution in [0.3, 0.4) is 0 Å². The van der Waals surface area contributed by atoms with Gasteiger partial charge in [-0.3, -0.25) is 10.1 Å². The maximum Gasteiger partial charge on any atom is 0.269 e. The fourth-order valence-electron chi connectivity index (χ4n) is 2.60. The molecule has 0 saturated heterocycles. The molecule has 4 aromatic rings. The van der Waals surface area contributed by atoms with Crippen molar-refractivity contribution in [2.24, 2.45) is 0 Å². The SMILES string of the molecule is Nc1ncnn2cc(-c3ncco3)c(-c3ccc([N+](=O)[O-])cc3)c12. The Morgan fingerprint density at radius 3 is 2.67 bits per heavy atom. The Kier molecular flexibility index (Phi) is 2.98. The smallest absolute Gasteiger partial charge is 0.269 e. The molecule has 3 heterocycles. The van der Waals surface area contributed by atoms with Crippen LogP contribution in [0.2, 0.25) is 0 Å². The number of oxazole rings is 1. The fourth-order valence-corrected chi connectivity index (χ4v) is 2.60. The second-order valence-electron chi connectivity index (χ2n) is 5.00. The summed E-state index contributed by atoms with van der Waals surface area (Å²) in [7, 11) is 0. The molecule has 118 valence electrons. The van der Waals surface area contributed by atoms with Crippen molar-refractivity contribution in [3.8, 4) is 22.6 Å². The highest BCUT2D eigenvalue weighted by atomic mass is 16.6. The van der Waals surface area contributed by atoms with Gasteiger partial charge in [0.15, 0.2) is 5.82 Å². The number of nitro benzene ring substituents is 1. The van der Waals surface area contributed by atoms with E-state index in [2.05, 4.69) is 15.1 Å². The molecule has 0 spiro atoms. The lowest BCUT2D eigenvalue weighted by atomic mass is 10.0. The molecule has 9 heteroatoms. The molecule has 0 atom stereocenters. The van der Waals surface area contributed by atoms with Crippen molar-refractivity contribution in [3.63, 3.8) is 0 Å². The molecule has 4 rings (SSSR count). The van der Waals surface area contributed by atoms with Crippen molar-refractivity contribution in [1.82, 2.24) is 19.6 Å². The van der Waals surface area contributed by atoms with Crippen LogP contribution in [0.15, 0.2) is 53.7 Å². The average Bonchev–Trinajstić information content (AvgIpc) is 3.22. The Labute approximate surface area is 134 Å². The van der Waals surface area contributed by atoms with Crippen molar-refractivity contribution in [1.29, 1.82) is 0 Å². The van der Waals surface area contributed by atoms with Crippen LogP contribution in [0.1, 0.15) is 0 Å². The largest absolute Gasteiger partial charge is 0.444 e. The van der Waals surface area contributed by atoms with E-state index in [1.54, 1.807) is 22.8 Å². The molecule has 0 aliphatic rings. The summed E-state index contributed by atoms with van der Waals surface area (Å²) in [5, 5.41) is 15.0. The van der Waals surface area contributed by atoms with E-state index in [0.717, 1.165) is 5.56 Å². The highest BCUT2D eigenvalue weighted by Crippen LogP contribution is 2.38. The van der Waals surface area contributed by atoms with Crippen LogP contribution in [0.4, 0.5) is 11.5 Å². The molecular formula is C15H10N6O3. The Morgan fingerprint density at radius 1 is 1.21 bits per heavy atom. The van der Waals surface area contributed by atoms with E-state index in [4.69, 9.17) is 10.2 Å². The summed E-state index contributed by atoms with van der Waals surface area (Å²) in [6.07, 6.45) is 6.08. The molecule has 24 heavy (non-hydrogen) atoms. The molecule has 0 aliphatic carbocycles. The van der Waals surface area contributed by atoms with Crippen LogP contribution < -0.4 is 5.73 Å². The van der Waals surface area contributed by atoms with E-state index >= 15 is 0 Å². The first kappa shape index (κ1) is 13.9. The lowest BCUT2D eigenvalue weighted by Crippen LogP contribution is -1.98. The number of aromatic nitrogens is 4. The van der Waals surface area contributed by atoms with Crippen molar-refractivity contribution >= 4 is 17.0 Å². The second-order valence-corrected chi connectivity index (χ2v) is 5.00. The number of non-ortho nitro benzene ring substituents is 1. The number of nitro groups is 1. The minimum absolute atomic E-state index is 0.00385. The number of nitrogens with two attached hydrogens (primary N) is 1. The monoisotopic (exact) mass is 322 g/mol. The van der Waals surface area contributed by atoms with Crippen molar-refractivity contribution in [2.45, 2.75) is 0 Å². The average molecular weight is 322 g/mol. The predicted molar refractivity (Wildman–Crippen MR) is 85.0 cm³/mol. The minimum atomic E-state index is -0.450. The van der Waals surface area contributed by atoms with Crippen LogP contribution >= 0.6 is 0 Å². The van der Waals surface area contributed by atoms with Gasteiger partial charge < -0.3 is 10.2 Å². The summed E-state index contributed by atoms with van der Waals surface area (Å²) >= 11 is 0. The van der Waals surface area contributed by atoms with E-state index in [9.17, 15) is 10.1 Å². The number of anilines is 1. The predicted octanol–water partition coefficient (Wildman–Crippen LogP) is 2.54. The molecule has 0 saturated carbocycles. The van der Waals surface area contributed by atoms with Crippen molar-refractivity contribution in [2.75, 3.05) is 5.73 Å². The van der Waals surface area contributed by atoms with Crippen LogP contribution in [0.25, 0.3) is 28.1 Å². The van der Waals surface area contributed by atoms with Gasteiger partial charge >= 0.3 is 0 Å². The van der Waals surface area contributed by atoms with E-state index in [-0.39, 0.29) is 11.5 Å². The third-order valence-electron chi connectivity index (χ3n) is 3.63. The van der Waals surface area contributed by atoms with Gasteiger partial charge in [-0.2, -0.15) is 5.10 Å². The minimum Gasteiger partial charge on any atom is -0.444 e. The van der Waals surface area contributed by atoms with Crippen LogP contribution in [0, 0.1) is 10.1 Å². The topological polar surface area (TPSA) is 125 Å². The highest BCUT2D eigenvalue weighted by Gasteiger charge is 2.20. The first-order valence-corrected chi connectivity index (χ1v) is 6.91. The van der Waals surface area contributed by atoms with Gasteiger partial charge in [-0.15, -0.1) is 0 Å².